The van der Waals surface area contributed by atoms with E-state index in [2.05, 4.69) is 10.2 Å². The van der Waals surface area contributed by atoms with Gasteiger partial charge in [-0.2, -0.15) is 18.3 Å². The molecule has 0 spiro atoms. The molecule has 2 N–H and O–H groups in total. The maximum atomic E-state index is 13.3. The van der Waals surface area contributed by atoms with Gasteiger partial charge in [-0.3, -0.25) is 9.89 Å². The smallest absolute Gasteiger partial charge is 0.391 e. The average molecular weight is 353 g/mol. The molecular weight excluding hydrogens is 335 g/mol. The number of benzene rings is 1. The summed E-state index contributed by atoms with van der Waals surface area (Å²) < 4.78 is 39.9. The van der Waals surface area contributed by atoms with Crippen LogP contribution < -0.4 is 0 Å². The monoisotopic (exact) mass is 353 g/mol. The lowest BCUT2D eigenvalue weighted by Crippen LogP contribution is -2.33. The van der Waals surface area contributed by atoms with Gasteiger partial charge in [0.1, 0.15) is 0 Å². The van der Waals surface area contributed by atoms with E-state index in [0.717, 1.165) is 11.8 Å². The molecule has 3 rings (SSSR count). The second kappa shape index (κ2) is 6.51. The topological polar surface area (TPSA) is 69.2 Å². The van der Waals surface area contributed by atoms with Crippen LogP contribution >= 0.6 is 0 Å². The summed E-state index contributed by atoms with van der Waals surface area (Å²) in [5.74, 6) is -0.356. The third kappa shape index (κ3) is 3.68. The first-order valence-corrected chi connectivity index (χ1v) is 7.90. The van der Waals surface area contributed by atoms with Crippen LogP contribution in [-0.2, 0) is 17.4 Å². The van der Waals surface area contributed by atoms with Crippen LogP contribution in [0, 0.1) is 6.92 Å². The molecule has 1 saturated heterocycles. The van der Waals surface area contributed by atoms with Crippen molar-refractivity contribution in [3.63, 3.8) is 0 Å². The zero-order valence-corrected chi connectivity index (χ0v) is 13.5. The third-order valence-corrected chi connectivity index (χ3v) is 4.32. The molecule has 1 aromatic heterocycles. The lowest BCUT2D eigenvalue weighted by Gasteiger charge is -2.27. The molecule has 1 fully saturated rings. The van der Waals surface area contributed by atoms with Gasteiger partial charge in [-0.15, -0.1) is 0 Å². The predicted molar refractivity (Wildman–Crippen MR) is 83.6 cm³/mol. The minimum absolute atomic E-state index is 0.0121. The van der Waals surface area contributed by atoms with E-state index in [1.165, 1.54) is 23.1 Å². The highest BCUT2D eigenvalue weighted by atomic mass is 19.4. The number of nitrogens with one attached hydrogen (secondary N) is 1. The number of carbonyl (C=O) groups excluding carboxylic acids is 1. The number of H-pyrrole nitrogens is 1. The van der Waals surface area contributed by atoms with Crippen LogP contribution in [0.4, 0.5) is 13.2 Å². The van der Waals surface area contributed by atoms with Crippen molar-refractivity contribution >= 4 is 5.91 Å². The van der Waals surface area contributed by atoms with Crippen molar-refractivity contribution < 1.29 is 23.1 Å². The standard InChI is InChI=1S/C17H18F3N3O2/c1-10-6-11(22-21-10)7-16(25)23-9-12(24)8-15(23)13-4-2-3-5-14(13)17(18,19)20/h2-6,12,15,24H,7-9H2,1H3,(H,21,22)/t12-,15-/m0/s1. The molecule has 0 unspecified atom stereocenters. The van der Waals surface area contributed by atoms with E-state index in [0.29, 0.717) is 5.69 Å². The number of hydrogen-bond donors (Lipinski definition) is 2. The van der Waals surface area contributed by atoms with Gasteiger partial charge < -0.3 is 10.0 Å². The molecule has 2 atom stereocenters. The zero-order chi connectivity index (χ0) is 18.2. The molecule has 0 bridgehead atoms. The second-order valence-corrected chi connectivity index (χ2v) is 6.26. The summed E-state index contributed by atoms with van der Waals surface area (Å²) in [6.45, 7) is 1.81. The number of aromatic nitrogens is 2. The summed E-state index contributed by atoms with van der Waals surface area (Å²) in [6.07, 6.45) is -5.31. The Bertz CT molecular complexity index is 772. The van der Waals surface area contributed by atoms with E-state index in [1.807, 2.05) is 0 Å². The number of alkyl halides is 3. The minimum Gasteiger partial charge on any atom is -0.391 e. The molecule has 1 amide bonds. The highest BCUT2D eigenvalue weighted by Crippen LogP contribution is 2.40. The van der Waals surface area contributed by atoms with Crippen molar-refractivity contribution in [2.24, 2.45) is 0 Å². The number of halogens is 3. The second-order valence-electron chi connectivity index (χ2n) is 6.26. The molecule has 0 aliphatic carbocycles. The molecule has 8 heteroatoms. The number of aliphatic hydroxyl groups is 1. The molecule has 2 heterocycles. The lowest BCUT2D eigenvalue weighted by atomic mass is 9.97. The van der Waals surface area contributed by atoms with Gasteiger partial charge in [-0.25, -0.2) is 0 Å². The van der Waals surface area contributed by atoms with Crippen molar-refractivity contribution in [1.29, 1.82) is 0 Å². The van der Waals surface area contributed by atoms with Crippen molar-refractivity contribution in [3.05, 3.63) is 52.8 Å². The number of amides is 1. The summed E-state index contributed by atoms with van der Waals surface area (Å²) in [5, 5.41) is 16.7. The first-order valence-electron chi connectivity index (χ1n) is 7.90. The van der Waals surface area contributed by atoms with E-state index in [-0.39, 0.29) is 30.9 Å². The van der Waals surface area contributed by atoms with E-state index >= 15 is 0 Å². The Balaban J connectivity index is 1.89. The Morgan fingerprint density at radius 2 is 2.12 bits per heavy atom. The van der Waals surface area contributed by atoms with Crippen LogP contribution in [0.2, 0.25) is 0 Å². The number of carbonyl (C=O) groups is 1. The van der Waals surface area contributed by atoms with E-state index in [4.69, 9.17) is 0 Å². The highest BCUT2D eigenvalue weighted by molar-refractivity contribution is 5.79. The van der Waals surface area contributed by atoms with Gasteiger partial charge in [0.05, 0.1) is 29.8 Å². The fourth-order valence-electron chi connectivity index (χ4n) is 3.25. The minimum atomic E-state index is -4.52. The summed E-state index contributed by atoms with van der Waals surface area (Å²) in [7, 11) is 0. The number of nitrogens with zero attached hydrogens (tertiary/aromatic N) is 2. The molecule has 1 aliphatic heterocycles. The number of β-amino-alcohol motifs (C(OH)–C–C–N with tert-alkyl or cyclic N) is 1. The van der Waals surface area contributed by atoms with Crippen LogP contribution in [-0.4, -0.2) is 38.8 Å². The maximum Gasteiger partial charge on any atom is 0.416 e. The first kappa shape index (κ1) is 17.5. The molecule has 5 nitrogen and oxygen atoms in total. The van der Waals surface area contributed by atoms with E-state index < -0.39 is 23.9 Å². The number of aliphatic hydroxyl groups excluding tert-OH is 1. The number of rotatable bonds is 3. The molecule has 1 aliphatic rings. The first-order chi connectivity index (χ1) is 11.8. The van der Waals surface area contributed by atoms with Crippen LogP contribution in [0.5, 0.6) is 0 Å². The molecule has 2 aromatic rings. The summed E-state index contributed by atoms with van der Waals surface area (Å²) in [4.78, 5) is 13.9. The summed E-state index contributed by atoms with van der Waals surface area (Å²) >= 11 is 0. The van der Waals surface area contributed by atoms with Gasteiger partial charge >= 0.3 is 6.18 Å². The maximum absolute atomic E-state index is 13.3. The van der Waals surface area contributed by atoms with Gasteiger partial charge in [-0.05, 0) is 31.0 Å². The molecule has 1 aromatic carbocycles. The molecular formula is C17H18F3N3O2. The summed E-state index contributed by atoms with van der Waals surface area (Å²) in [6, 6.07) is 6.10. The summed E-state index contributed by atoms with van der Waals surface area (Å²) in [5.41, 5.74) is 0.551. The van der Waals surface area contributed by atoms with Crippen LogP contribution in [0.3, 0.4) is 0 Å². The lowest BCUT2D eigenvalue weighted by molar-refractivity contribution is -0.140. The number of aryl methyl sites for hydroxylation is 1. The molecule has 0 radical (unpaired) electrons. The van der Waals surface area contributed by atoms with Gasteiger partial charge in [0.2, 0.25) is 5.91 Å². The molecule has 25 heavy (non-hydrogen) atoms. The van der Waals surface area contributed by atoms with Crippen LogP contribution in [0.1, 0.15) is 35.0 Å². The van der Waals surface area contributed by atoms with Gasteiger partial charge in [-0.1, -0.05) is 18.2 Å². The van der Waals surface area contributed by atoms with Gasteiger partial charge in [0.25, 0.3) is 0 Å². The van der Waals surface area contributed by atoms with E-state index in [9.17, 15) is 23.1 Å². The van der Waals surface area contributed by atoms with Crippen molar-refractivity contribution in [3.8, 4) is 0 Å². The molecule has 0 saturated carbocycles. The quantitative estimate of drug-likeness (QED) is 0.891. The fraction of sp³-hybridized carbons (Fsp3) is 0.412. The van der Waals surface area contributed by atoms with Crippen molar-refractivity contribution in [2.75, 3.05) is 6.54 Å². The van der Waals surface area contributed by atoms with E-state index in [1.54, 1.807) is 13.0 Å². The van der Waals surface area contributed by atoms with Crippen molar-refractivity contribution in [1.82, 2.24) is 15.1 Å². The Morgan fingerprint density at radius 1 is 1.40 bits per heavy atom. The number of likely N-dealkylation sites (tertiary alicyclic amines) is 1. The number of aromatic amines is 1. The Hall–Kier alpha value is -2.35. The Morgan fingerprint density at radius 3 is 2.76 bits per heavy atom. The predicted octanol–water partition coefficient (Wildman–Crippen LogP) is 2.61. The third-order valence-electron chi connectivity index (χ3n) is 4.32. The van der Waals surface area contributed by atoms with Crippen LogP contribution in [0.15, 0.2) is 30.3 Å². The van der Waals surface area contributed by atoms with Crippen LogP contribution in [0.25, 0.3) is 0 Å². The van der Waals surface area contributed by atoms with Crippen molar-refractivity contribution in [2.45, 2.75) is 38.1 Å². The Labute approximate surface area is 142 Å². The van der Waals surface area contributed by atoms with Gasteiger partial charge in [0, 0.05) is 12.2 Å². The fourth-order valence-corrected chi connectivity index (χ4v) is 3.25. The normalized spacial score (nSPS) is 20.9. The Kier molecular flexibility index (Phi) is 4.55. The largest absolute Gasteiger partial charge is 0.416 e. The molecule has 134 valence electrons. The average Bonchev–Trinajstić information content (AvgIpc) is 3.12. The van der Waals surface area contributed by atoms with Gasteiger partial charge in [0.15, 0.2) is 0 Å². The highest BCUT2D eigenvalue weighted by Gasteiger charge is 2.41. The zero-order valence-electron chi connectivity index (χ0n) is 13.5. The number of hydrogen-bond acceptors (Lipinski definition) is 3. The SMILES string of the molecule is Cc1cc(CC(=O)N2C[C@@H](O)C[C@H]2c2ccccc2C(F)(F)F)n[nH]1.